The fourth-order valence-electron chi connectivity index (χ4n) is 2.92. The molecule has 4 rings (SSSR count). The molecular formula is C38H38B2Cl4F8N2Pd4-2. The summed E-state index contributed by atoms with van der Waals surface area (Å²) in [6, 6.07) is 44.7. The van der Waals surface area contributed by atoms with Crippen LogP contribution in [0.15, 0.2) is 146 Å². The normalized spacial score (nSPS) is 9.17. The van der Waals surface area contributed by atoms with Crippen LogP contribution in [0.25, 0.3) is 24.3 Å². The third kappa shape index (κ3) is 78.5. The van der Waals surface area contributed by atoms with Crippen molar-refractivity contribution in [3.63, 3.8) is 0 Å². The summed E-state index contributed by atoms with van der Waals surface area (Å²) in [5.41, 5.74) is 4.89. The number of benzene rings is 4. The first-order valence-corrected chi connectivity index (χ1v) is 17.2. The summed E-state index contributed by atoms with van der Waals surface area (Å²) in [5.74, 6) is 0. The molecule has 0 saturated heterocycles. The Morgan fingerprint density at radius 3 is 0.603 bits per heavy atom. The van der Waals surface area contributed by atoms with Crippen LogP contribution in [0.3, 0.4) is 0 Å². The predicted molar refractivity (Wildman–Crippen MR) is 218 cm³/mol. The van der Waals surface area contributed by atoms with Crippen LogP contribution in [-0.2, 0) is 81.7 Å². The van der Waals surface area contributed by atoms with Crippen LogP contribution in [0.1, 0.15) is 36.1 Å². The number of hydrogen-bond acceptors (Lipinski definition) is 2. The van der Waals surface area contributed by atoms with Gasteiger partial charge in [0.05, 0.1) is 22.8 Å². The number of rotatable bonds is 6. The summed E-state index contributed by atoms with van der Waals surface area (Å²) < 4.78 is 78.0. The van der Waals surface area contributed by atoms with E-state index in [1.165, 1.54) is 36.1 Å². The molecule has 0 heterocycles. The largest absolute Gasteiger partial charge is 0.673 e. The van der Waals surface area contributed by atoms with Gasteiger partial charge in [-0.15, -0.1) is 46.4 Å². The van der Waals surface area contributed by atoms with Gasteiger partial charge in [-0.2, -0.15) is 10.5 Å². The zero-order valence-electron chi connectivity index (χ0n) is 30.4. The van der Waals surface area contributed by atoms with Gasteiger partial charge in [0.2, 0.25) is 0 Å². The third-order valence-electron chi connectivity index (χ3n) is 4.58. The van der Waals surface area contributed by atoms with E-state index in [1.807, 2.05) is 72.8 Å². The zero-order valence-corrected chi connectivity index (χ0v) is 39.7. The fourth-order valence-corrected chi connectivity index (χ4v) is 2.92. The average Bonchev–Trinajstić information content (AvgIpc) is 3.11. The van der Waals surface area contributed by atoms with Crippen molar-refractivity contribution in [2.24, 2.45) is 0 Å². The Balaban J connectivity index is -0.0000000922. The molecule has 0 aliphatic heterocycles. The molecule has 58 heavy (non-hydrogen) atoms. The number of nitrogens with zero attached hydrogens (tertiary/aromatic N) is 2. The molecule has 0 radical (unpaired) electrons. The molecule has 2 nitrogen and oxygen atoms in total. The molecule has 332 valence electrons. The van der Waals surface area contributed by atoms with Crippen molar-refractivity contribution in [1.29, 1.82) is 10.5 Å². The molecule has 20 heteroatoms. The number of nitriles is 2. The first-order valence-electron chi connectivity index (χ1n) is 15.1. The van der Waals surface area contributed by atoms with Crippen molar-refractivity contribution in [2.75, 3.05) is 10.7 Å². The molecule has 0 unspecified atom stereocenters. The Morgan fingerprint density at radius 2 is 0.500 bits per heavy atom. The minimum atomic E-state index is -6.00. The monoisotopic (exact) mass is 1260 g/mol. The van der Waals surface area contributed by atoms with Crippen molar-refractivity contribution in [1.82, 2.24) is 0 Å². The van der Waals surface area contributed by atoms with E-state index in [9.17, 15) is 34.5 Å². The molecule has 0 saturated carbocycles. The molecule has 0 aromatic heterocycles. The molecule has 0 atom stereocenters. The zero-order chi connectivity index (χ0) is 41.9. The van der Waals surface area contributed by atoms with Gasteiger partial charge in [-0.25, -0.2) is 0 Å². The van der Waals surface area contributed by atoms with Crippen molar-refractivity contribution in [3.05, 3.63) is 168 Å². The van der Waals surface area contributed by atoms with Crippen molar-refractivity contribution in [3.8, 4) is 12.1 Å². The smallest absolute Gasteiger partial charge is 0.418 e. The first-order chi connectivity index (χ1) is 25.6. The SMILES string of the molecule is C(/C=C/c1ccccc1)=C\c1ccccc1.C(/C=C/c1ccccc1)=C\c1ccccc1.CC#N.CC#N.ClCCl.ClCCl.F[B-](F)(F)F.F[B-](F)(F)F.[Pd].[Pd].[Pd].[Pd]. The van der Waals surface area contributed by atoms with Gasteiger partial charge in [0.25, 0.3) is 0 Å². The van der Waals surface area contributed by atoms with Crippen molar-refractivity contribution >= 4 is 85.2 Å². The fraction of sp³-hybridized carbons (Fsp3) is 0.105. The topological polar surface area (TPSA) is 47.6 Å². The maximum absolute atomic E-state index is 9.75. The number of hydrogen-bond donors (Lipinski definition) is 0. The number of alkyl halides is 4. The van der Waals surface area contributed by atoms with Gasteiger partial charge in [0.1, 0.15) is 0 Å². The summed E-state index contributed by atoms with van der Waals surface area (Å²) in [4.78, 5) is 0. The average molecular weight is 1260 g/mol. The molecule has 0 bridgehead atoms. The van der Waals surface area contributed by atoms with Gasteiger partial charge >= 0.3 is 14.5 Å². The molecular weight excluding hydrogens is 1230 g/mol. The standard InChI is InChI=1S/2C16H14.2C2H3N.2CH2Cl2.2BF4.4Pd/c2*1-3-9-15(10-4-1)13-7-8-14-16-11-5-2-6-12-16;2*1-2-3;2*2-1-3;2*2-1(3,4)5;;;;/h2*1-14H;2*1H3;2*1H2;;;;;;/q;;;;;;2*-1;;;;/b2*13-7+,14-8+;;;;;;;;;;. The van der Waals surface area contributed by atoms with E-state index in [0.717, 1.165) is 0 Å². The molecule has 4 aromatic rings. The number of allylic oxidation sites excluding steroid dienone is 4. The Kier molecular flexibility index (Phi) is 70.1. The molecule has 4 aromatic carbocycles. The van der Waals surface area contributed by atoms with Crippen LogP contribution in [0.2, 0.25) is 0 Å². The first kappa shape index (κ1) is 73.7. The molecule has 0 fully saturated rings. The summed E-state index contributed by atoms with van der Waals surface area (Å²) in [5, 5.41) is 15.0. The minimum absolute atomic E-state index is 0. The molecule has 0 aliphatic rings. The van der Waals surface area contributed by atoms with E-state index in [2.05, 4.69) is 97.1 Å². The Morgan fingerprint density at radius 1 is 0.397 bits per heavy atom. The van der Waals surface area contributed by atoms with Crippen LogP contribution in [0.5, 0.6) is 0 Å². The maximum Gasteiger partial charge on any atom is 0.673 e. The summed E-state index contributed by atoms with van der Waals surface area (Å²) in [7, 11) is -12.0. The van der Waals surface area contributed by atoms with Gasteiger partial charge in [0.15, 0.2) is 0 Å². The Hall–Kier alpha value is -1.80. The van der Waals surface area contributed by atoms with E-state index in [1.54, 1.807) is 12.1 Å². The quantitative estimate of drug-likeness (QED) is 0.0836. The minimum Gasteiger partial charge on any atom is -0.418 e. The second kappa shape index (κ2) is 55.2. The van der Waals surface area contributed by atoms with Crippen molar-refractivity contribution < 1.29 is 116 Å². The molecule has 0 N–H and O–H groups in total. The van der Waals surface area contributed by atoms with Gasteiger partial charge in [0, 0.05) is 95.5 Å². The third-order valence-corrected chi connectivity index (χ3v) is 4.58. The van der Waals surface area contributed by atoms with E-state index in [-0.39, 0.29) is 92.4 Å². The van der Waals surface area contributed by atoms with E-state index >= 15 is 0 Å². The molecule has 0 aliphatic carbocycles. The summed E-state index contributed by atoms with van der Waals surface area (Å²) >= 11 is 19.1. The van der Waals surface area contributed by atoms with Crippen LogP contribution in [-0.4, -0.2) is 25.2 Å². The van der Waals surface area contributed by atoms with Gasteiger partial charge in [-0.05, 0) is 22.3 Å². The molecule has 0 amide bonds. The summed E-state index contributed by atoms with van der Waals surface area (Å²) in [6.45, 7) is 2.86. The van der Waals surface area contributed by atoms with Crippen LogP contribution >= 0.6 is 46.4 Å². The summed E-state index contributed by atoms with van der Waals surface area (Å²) in [6.07, 6.45) is 16.6. The Bertz CT molecular complexity index is 1370. The van der Waals surface area contributed by atoms with Gasteiger partial charge in [-0.1, -0.05) is 170 Å². The van der Waals surface area contributed by atoms with Crippen LogP contribution < -0.4 is 0 Å². The second-order valence-corrected chi connectivity index (χ2v) is 10.3. The van der Waals surface area contributed by atoms with Crippen LogP contribution in [0.4, 0.5) is 34.5 Å². The Labute approximate surface area is 412 Å². The van der Waals surface area contributed by atoms with E-state index in [4.69, 9.17) is 56.9 Å². The van der Waals surface area contributed by atoms with Crippen LogP contribution in [0, 0.1) is 22.7 Å². The second-order valence-electron chi connectivity index (χ2n) is 8.72. The van der Waals surface area contributed by atoms with E-state index < -0.39 is 14.5 Å². The molecule has 0 spiro atoms. The van der Waals surface area contributed by atoms with E-state index in [0.29, 0.717) is 0 Å². The number of halogens is 12. The van der Waals surface area contributed by atoms with Gasteiger partial charge in [-0.3, -0.25) is 0 Å². The van der Waals surface area contributed by atoms with Crippen molar-refractivity contribution in [2.45, 2.75) is 13.8 Å². The predicted octanol–water partition coefficient (Wildman–Crippen LogP) is 15.3. The maximum atomic E-state index is 9.75. The van der Waals surface area contributed by atoms with Gasteiger partial charge < -0.3 is 34.5 Å².